The number of nitrogens with zero attached hydrogens (tertiary/aromatic N) is 2. The van der Waals surface area contributed by atoms with Gasteiger partial charge in [0, 0.05) is 7.05 Å². The minimum absolute atomic E-state index is 0.0575. The summed E-state index contributed by atoms with van der Waals surface area (Å²) < 4.78 is 5.10. The SMILES string of the molecule is COc1ccc(CC(=O)N2C(=O)CN(C)C(=O)c3ccccc32)cc1. The Kier molecular flexibility index (Phi) is 4.52. The summed E-state index contributed by atoms with van der Waals surface area (Å²) in [6.45, 7) is -0.137. The van der Waals surface area contributed by atoms with Crippen LogP contribution in [0.3, 0.4) is 0 Å². The number of anilines is 1. The van der Waals surface area contributed by atoms with Crippen LogP contribution in [0.4, 0.5) is 5.69 Å². The molecule has 0 aliphatic carbocycles. The third-order valence-electron chi connectivity index (χ3n) is 4.11. The quantitative estimate of drug-likeness (QED) is 0.857. The Labute approximate surface area is 145 Å². The minimum Gasteiger partial charge on any atom is -0.497 e. The van der Waals surface area contributed by atoms with Gasteiger partial charge < -0.3 is 9.64 Å². The molecule has 0 N–H and O–H groups in total. The fourth-order valence-corrected chi connectivity index (χ4v) is 2.81. The summed E-state index contributed by atoms with van der Waals surface area (Å²) in [6, 6.07) is 13.8. The maximum atomic E-state index is 12.8. The number of fused-ring (bicyclic) bond motifs is 1. The molecule has 0 saturated heterocycles. The number of carbonyl (C=O) groups excluding carboxylic acids is 3. The Bertz CT molecular complexity index is 830. The topological polar surface area (TPSA) is 66.9 Å². The van der Waals surface area contributed by atoms with Gasteiger partial charge in [-0.05, 0) is 29.8 Å². The summed E-state index contributed by atoms with van der Waals surface area (Å²) in [5.74, 6) is -0.367. The molecule has 1 aliphatic heterocycles. The second-order valence-corrected chi connectivity index (χ2v) is 5.83. The van der Waals surface area contributed by atoms with Gasteiger partial charge in [-0.15, -0.1) is 0 Å². The molecule has 6 heteroatoms. The molecule has 3 amide bonds. The number of imide groups is 1. The van der Waals surface area contributed by atoms with E-state index < -0.39 is 5.91 Å². The highest BCUT2D eigenvalue weighted by atomic mass is 16.5. The van der Waals surface area contributed by atoms with Crippen molar-refractivity contribution in [3.8, 4) is 5.75 Å². The van der Waals surface area contributed by atoms with Crippen molar-refractivity contribution in [2.45, 2.75) is 6.42 Å². The molecule has 0 bridgehead atoms. The number of hydrogen-bond donors (Lipinski definition) is 0. The van der Waals surface area contributed by atoms with Gasteiger partial charge in [-0.25, -0.2) is 4.90 Å². The van der Waals surface area contributed by atoms with E-state index in [0.29, 0.717) is 17.0 Å². The maximum absolute atomic E-state index is 12.8. The molecule has 0 fully saturated rings. The summed E-state index contributed by atoms with van der Waals surface area (Å²) >= 11 is 0. The van der Waals surface area contributed by atoms with Gasteiger partial charge in [-0.3, -0.25) is 14.4 Å². The number of para-hydroxylation sites is 1. The molecule has 128 valence electrons. The molecule has 1 aliphatic rings. The standard InChI is InChI=1S/C19H18N2O4/c1-20-12-18(23)21(16-6-4-3-5-15(16)19(20)24)17(22)11-13-7-9-14(25-2)10-8-13/h3-10H,11-12H2,1-2H3. The van der Waals surface area contributed by atoms with Crippen molar-refractivity contribution in [2.24, 2.45) is 0 Å². The van der Waals surface area contributed by atoms with Crippen LogP contribution in [0.1, 0.15) is 15.9 Å². The van der Waals surface area contributed by atoms with Gasteiger partial charge >= 0.3 is 0 Å². The average Bonchev–Trinajstić information content (AvgIpc) is 2.71. The van der Waals surface area contributed by atoms with Crippen molar-refractivity contribution < 1.29 is 19.1 Å². The first-order valence-corrected chi connectivity index (χ1v) is 7.84. The Morgan fingerprint density at radius 1 is 1.08 bits per heavy atom. The molecular formula is C19H18N2O4. The van der Waals surface area contributed by atoms with Gasteiger partial charge in [0.25, 0.3) is 11.8 Å². The molecule has 0 aromatic heterocycles. The molecule has 0 atom stereocenters. The lowest BCUT2D eigenvalue weighted by atomic mass is 10.1. The van der Waals surface area contributed by atoms with Gasteiger partial charge in [0.2, 0.25) is 5.91 Å². The van der Waals surface area contributed by atoms with E-state index in [1.165, 1.54) is 4.90 Å². The number of ether oxygens (including phenoxy) is 1. The zero-order chi connectivity index (χ0) is 18.0. The zero-order valence-electron chi connectivity index (χ0n) is 14.1. The second-order valence-electron chi connectivity index (χ2n) is 5.83. The van der Waals surface area contributed by atoms with E-state index in [1.54, 1.807) is 62.7 Å². The van der Waals surface area contributed by atoms with Crippen molar-refractivity contribution >= 4 is 23.4 Å². The smallest absolute Gasteiger partial charge is 0.256 e. The number of carbonyl (C=O) groups is 3. The van der Waals surface area contributed by atoms with Gasteiger partial charge in [0.05, 0.1) is 24.8 Å². The van der Waals surface area contributed by atoms with Crippen LogP contribution < -0.4 is 9.64 Å². The minimum atomic E-state index is -0.417. The van der Waals surface area contributed by atoms with Crippen LogP contribution in [0.2, 0.25) is 0 Å². The van der Waals surface area contributed by atoms with Crippen LogP contribution in [-0.2, 0) is 16.0 Å². The van der Waals surface area contributed by atoms with Crippen molar-refractivity contribution in [1.29, 1.82) is 0 Å². The lowest BCUT2D eigenvalue weighted by molar-refractivity contribution is -0.126. The zero-order valence-corrected chi connectivity index (χ0v) is 14.1. The summed E-state index contributed by atoms with van der Waals surface area (Å²) in [5.41, 5.74) is 1.44. The maximum Gasteiger partial charge on any atom is 0.256 e. The molecular weight excluding hydrogens is 320 g/mol. The first kappa shape index (κ1) is 16.7. The lowest BCUT2D eigenvalue weighted by Gasteiger charge is -2.20. The van der Waals surface area contributed by atoms with E-state index >= 15 is 0 Å². The van der Waals surface area contributed by atoms with Gasteiger partial charge in [-0.2, -0.15) is 0 Å². The molecule has 0 radical (unpaired) electrons. The predicted molar refractivity (Wildman–Crippen MR) is 92.6 cm³/mol. The Morgan fingerprint density at radius 3 is 2.44 bits per heavy atom. The first-order chi connectivity index (χ1) is 12.0. The number of hydrogen-bond acceptors (Lipinski definition) is 4. The first-order valence-electron chi connectivity index (χ1n) is 7.84. The molecule has 6 nitrogen and oxygen atoms in total. The van der Waals surface area contributed by atoms with Crippen molar-refractivity contribution in [3.05, 3.63) is 59.7 Å². The van der Waals surface area contributed by atoms with Gasteiger partial charge in [0.15, 0.2) is 0 Å². The Morgan fingerprint density at radius 2 is 1.76 bits per heavy atom. The molecule has 0 unspecified atom stereocenters. The fraction of sp³-hybridized carbons (Fsp3) is 0.211. The average molecular weight is 338 g/mol. The number of amides is 3. The van der Waals surface area contributed by atoms with E-state index in [-0.39, 0.29) is 24.8 Å². The molecule has 0 spiro atoms. The van der Waals surface area contributed by atoms with Crippen LogP contribution in [-0.4, -0.2) is 43.3 Å². The number of likely N-dealkylation sites (N-methyl/N-ethyl adjacent to an activating group) is 1. The summed E-state index contributed by atoms with van der Waals surface area (Å²) in [7, 11) is 3.12. The van der Waals surface area contributed by atoms with E-state index in [0.717, 1.165) is 10.5 Å². The normalized spacial score (nSPS) is 14.2. The summed E-state index contributed by atoms with van der Waals surface area (Å²) in [4.78, 5) is 40.2. The molecule has 25 heavy (non-hydrogen) atoms. The fourth-order valence-electron chi connectivity index (χ4n) is 2.81. The van der Waals surface area contributed by atoms with Crippen molar-refractivity contribution in [1.82, 2.24) is 4.90 Å². The molecule has 1 heterocycles. The third-order valence-corrected chi connectivity index (χ3v) is 4.11. The van der Waals surface area contributed by atoms with Crippen LogP contribution in [0.25, 0.3) is 0 Å². The van der Waals surface area contributed by atoms with Gasteiger partial charge in [0.1, 0.15) is 12.3 Å². The summed E-state index contributed by atoms with van der Waals surface area (Å²) in [6.07, 6.45) is 0.0575. The molecule has 0 saturated carbocycles. The molecule has 2 aromatic rings. The molecule has 3 rings (SSSR count). The van der Waals surface area contributed by atoms with Crippen LogP contribution >= 0.6 is 0 Å². The monoisotopic (exact) mass is 338 g/mol. The van der Waals surface area contributed by atoms with Crippen molar-refractivity contribution in [2.75, 3.05) is 25.6 Å². The van der Waals surface area contributed by atoms with Crippen LogP contribution in [0, 0.1) is 0 Å². The van der Waals surface area contributed by atoms with E-state index in [9.17, 15) is 14.4 Å². The number of benzene rings is 2. The molecule has 2 aromatic carbocycles. The number of methoxy groups -OCH3 is 1. The summed E-state index contributed by atoms with van der Waals surface area (Å²) in [5, 5.41) is 0. The Balaban J connectivity index is 1.93. The largest absolute Gasteiger partial charge is 0.497 e. The van der Waals surface area contributed by atoms with Crippen LogP contribution in [0.5, 0.6) is 5.75 Å². The number of rotatable bonds is 3. The van der Waals surface area contributed by atoms with E-state index in [1.807, 2.05) is 0 Å². The Hall–Kier alpha value is -3.15. The van der Waals surface area contributed by atoms with Crippen molar-refractivity contribution in [3.63, 3.8) is 0 Å². The van der Waals surface area contributed by atoms with E-state index in [2.05, 4.69) is 0 Å². The second kappa shape index (κ2) is 6.76. The lowest BCUT2D eigenvalue weighted by Crippen LogP contribution is -2.42. The van der Waals surface area contributed by atoms with Crippen LogP contribution in [0.15, 0.2) is 48.5 Å². The third kappa shape index (κ3) is 3.24. The van der Waals surface area contributed by atoms with Gasteiger partial charge in [-0.1, -0.05) is 24.3 Å². The highest BCUT2D eigenvalue weighted by molar-refractivity contribution is 6.21. The predicted octanol–water partition coefficient (Wildman–Crippen LogP) is 1.88. The highest BCUT2D eigenvalue weighted by Crippen LogP contribution is 2.26. The van der Waals surface area contributed by atoms with E-state index in [4.69, 9.17) is 4.74 Å². The highest BCUT2D eigenvalue weighted by Gasteiger charge is 2.33.